The summed E-state index contributed by atoms with van der Waals surface area (Å²) in [5.74, 6) is 0.442. The van der Waals surface area contributed by atoms with E-state index in [-0.39, 0.29) is 24.3 Å². The predicted molar refractivity (Wildman–Crippen MR) is 146 cm³/mol. The van der Waals surface area contributed by atoms with Crippen LogP contribution in [-0.4, -0.2) is 65.8 Å². The van der Waals surface area contributed by atoms with E-state index >= 15 is 0 Å². The fraction of sp³-hybridized carbons (Fsp3) is 0.355. The second-order valence-corrected chi connectivity index (χ2v) is 10.6. The van der Waals surface area contributed by atoms with Crippen molar-refractivity contribution in [3.05, 3.63) is 89.7 Å². The van der Waals surface area contributed by atoms with Crippen LogP contribution in [0.4, 0.5) is 5.69 Å². The standard InChI is InChI=1S/C31H32N4O4/c1-33-16-6-18-39-24-9-4-8-23(19-24)29-31(14-17-34(29)27(36)13-12-22-7-5-15-32-20-22)25-10-2-3-11-26(25)35(30(31)38)21-28(33)37/h2-5,7-11,15,19-20,29H,6,12-14,16-18,21H2,1H3/t29-,31+/m0/s1. The van der Waals surface area contributed by atoms with Crippen molar-refractivity contribution in [2.24, 2.45) is 0 Å². The molecule has 2 atom stereocenters. The Labute approximate surface area is 228 Å². The lowest BCUT2D eigenvalue weighted by atomic mass is 9.72. The Balaban J connectivity index is 1.45. The Hall–Kier alpha value is -4.20. The van der Waals surface area contributed by atoms with Gasteiger partial charge in [0.05, 0.1) is 12.6 Å². The number of carbonyl (C=O) groups excluding carboxylic acids is 3. The molecule has 1 aromatic heterocycles. The molecule has 3 aliphatic heterocycles. The third-order valence-corrected chi connectivity index (χ3v) is 8.30. The van der Waals surface area contributed by atoms with Crippen LogP contribution in [0.1, 0.15) is 42.0 Å². The highest BCUT2D eigenvalue weighted by Crippen LogP contribution is 2.57. The molecule has 39 heavy (non-hydrogen) atoms. The molecule has 0 N–H and O–H groups in total. The molecular formula is C31H32N4O4. The zero-order valence-electron chi connectivity index (χ0n) is 22.1. The van der Waals surface area contributed by atoms with Gasteiger partial charge in [-0.05, 0) is 60.2 Å². The van der Waals surface area contributed by atoms with E-state index in [1.165, 1.54) is 0 Å². The number of amides is 3. The van der Waals surface area contributed by atoms with Crippen molar-refractivity contribution in [2.75, 3.05) is 38.2 Å². The van der Waals surface area contributed by atoms with E-state index in [9.17, 15) is 14.4 Å². The smallest absolute Gasteiger partial charge is 0.242 e. The fourth-order valence-electron chi connectivity index (χ4n) is 6.36. The van der Waals surface area contributed by atoms with Crippen LogP contribution in [0.3, 0.4) is 0 Å². The second-order valence-electron chi connectivity index (χ2n) is 10.6. The SMILES string of the molecule is CN1CCCOc2cccc(c2)[C@@H]2N(C(=O)CCc3cccnc3)CC[C@]23C(=O)N(CC1=O)c1ccccc13. The van der Waals surface area contributed by atoms with Crippen molar-refractivity contribution >= 4 is 23.4 Å². The Morgan fingerprint density at radius 2 is 1.95 bits per heavy atom. The maximum absolute atomic E-state index is 14.5. The van der Waals surface area contributed by atoms with Gasteiger partial charge in [0.15, 0.2) is 0 Å². The molecular weight excluding hydrogens is 492 g/mol. The van der Waals surface area contributed by atoms with Crippen LogP contribution < -0.4 is 9.64 Å². The molecule has 3 aromatic rings. The third kappa shape index (κ3) is 4.33. The molecule has 8 heteroatoms. The monoisotopic (exact) mass is 524 g/mol. The summed E-state index contributed by atoms with van der Waals surface area (Å²) in [5.41, 5.74) is 2.50. The van der Waals surface area contributed by atoms with Crippen LogP contribution in [0.15, 0.2) is 73.1 Å². The van der Waals surface area contributed by atoms with Gasteiger partial charge in [-0.3, -0.25) is 19.4 Å². The molecule has 8 nitrogen and oxygen atoms in total. The van der Waals surface area contributed by atoms with E-state index in [2.05, 4.69) is 4.98 Å². The first-order chi connectivity index (χ1) is 19.0. The number of aryl methyl sites for hydroxylation is 1. The number of aromatic nitrogens is 1. The van der Waals surface area contributed by atoms with Crippen LogP contribution in [0.2, 0.25) is 0 Å². The number of para-hydroxylation sites is 1. The Bertz CT molecular complexity index is 1410. The Morgan fingerprint density at radius 1 is 1.08 bits per heavy atom. The third-order valence-electron chi connectivity index (χ3n) is 8.30. The van der Waals surface area contributed by atoms with Crippen LogP contribution in [-0.2, 0) is 26.2 Å². The van der Waals surface area contributed by atoms with Gasteiger partial charge in [0.2, 0.25) is 17.7 Å². The summed E-state index contributed by atoms with van der Waals surface area (Å²) in [4.78, 5) is 50.9. The summed E-state index contributed by atoms with van der Waals surface area (Å²) < 4.78 is 6.05. The van der Waals surface area contributed by atoms with Crippen LogP contribution >= 0.6 is 0 Å². The normalized spacial score (nSPS) is 22.7. The number of carbonyl (C=O) groups is 3. The maximum atomic E-state index is 14.5. The number of benzene rings is 2. The molecule has 4 heterocycles. The minimum Gasteiger partial charge on any atom is -0.494 e. The Kier molecular flexibility index (Phi) is 6.54. The number of nitrogens with zero attached hydrogens (tertiary/aromatic N) is 4. The zero-order chi connectivity index (χ0) is 27.0. The van der Waals surface area contributed by atoms with Crippen LogP contribution in [0, 0.1) is 0 Å². The lowest BCUT2D eigenvalue weighted by Crippen LogP contribution is -2.48. The summed E-state index contributed by atoms with van der Waals surface area (Å²) in [7, 11) is 1.76. The lowest BCUT2D eigenvalue weighted by molar-refractivity contribution is -0.135. The highest BCUT2D eigenvalue weighted by atomic mass is 16.5. The average Bonchev–Trinajstić information content (AvgIpc) is 3.47. The summed E-state index contributed by atoms with van der Waals surface area (Å²) in [5, 5.41) is 0. The summed E-state index contributed by atoms with van der Waals surface area (Å²) in [6.45, 7) is 1.42. The van der Waals surface area contributed by atoms with Crippen molar-refractivity contribution in [1.82, 2.24) is 14.8 Å². The highest BCUT2D eigenvalue weighted by molar-refractivity contribution is 6.12. The number of fused-ring (bicyclic) bond motifs is 6. The van der Waals surface area contributed by atoms with Gasteiger partial charge in [-0.1, -0.05) is 36.4 Å². The first-order valence-corrected chi connectivity index (χ1v) is 13.6. The van der Waals surface area contributed by atoms with Crippen molar-refractivity contribution in [2.45, 2.75) is 37.1 Å². The van der Waals surface area contributed by atoms with Gasteiger partial charge in [0.1, 0.15) is 17.7 Å². The molecule has 4 bridgehead atoms. The van der Waals surface area contributed by atoms with E-state index in [0.717, 1.165) is 22.4 Å². The first kappa shape index (κ1) is 25.1. The molecule has 3 amide bonds. The van der Waals surface area contributed by atoms with Crippen molar-refractivity contribution in [3.63, 3.8) is 0 Å². The van der Waals surface area contributed by atoms with Gasteiger partial charge in [0.25, 0.3) is 0 Å². The van der Waals surface area contributed by atoms with E-state index in [0.29, 0.717) is 51.1 Å². The molecule has 1 fully saturated rings. The summed E-state index contributed by atoms with van der Waals surface area (Å²) in [6.07, 6.45) is 5.54. The topological polar surface area (TPSA) is 83.1 Å². The molecule has 200 valence electrons. The highest BCUT2D eigenvalue weighted by Gasteiger charge is 2.61. The summed E-state index contributed by atoms with van der Waals surface area (Å²) >= 11 is 0. The molecule has 0 saturated carbocycles. The average molecular weight is 525 g/mol. The van der Waals surface area contributed by atoms with Crippen molar-refractivity contribution in [1.29, 1.82) is 0 Å². The van der Waals surface area contributed by atoms with Gasteiger partial charge in [-0.25, -0.2) is 0 Å². The molecule has 2 aromatic carbocycles. The van der Waals surface area contributed by atoms with Gasteiger partial charge in [-0.15, -0.1) is 0 Å². The van der Waals surface area contributed by atoms with E-state index in [1.54, 1.807) is 29.2 Å². The maximum Gasteiger partial charge on any atom is 0.242 e. The van der Waals surface area contributed by atoms with Gasteiger partial charge < -0.3 is 19.4 Å². The zero-order valence-corrected chi connectivity index (χ0v) is 22.1. The molecule has 6 rings (SSSR count). The largest absolute Gasteiger partial charge is 0.494 e. The minimum atomic E-state index is -0.984. The van der Waals surface area contributed by atoms with Gasteiger partial charge in [-0.2, -0.15) is 0 Å². The number of anilines is 1. The number of hydrogen-bond donors (Lipinski definition) is 0. The molecule has 0 aliphatic carbocycles. The minimum absolute atomic E-state index is 0.00675. The molecule has 0 radical (unpaired) electrons. The van der Waals surface area contributed by atoms with Gasteiger partial charge >= 0.3 is 0 Å². The van der Waals surface area contributed by atoms with Crippen LogP contribution in [0.5, 0.6) is 5.75 Å². The molecule has 1 spiro atoms. The predicted octanol–water partition coefficient (Wildman–Crippen LogP) is 3.51. The molecule has 0 unspecified atom stereocenters. The number of likely N-dealkylation sites (N-methyl/N-ethyl adjacent to an activating group) is 1. The quantitative estimate of drug-likeness (QED) is 0.524. The Morgan fingerprint density at radius 3 is 2.79 bits per heavy atom. The fourth-order valence-corrected chi connectivity index (χ4v) is 6.36. The van der Waals surface area contributed by atoms with E-state index in [1.807, 2.05) is 65.6 Å². The molecule has 3 aliphatic rings. The number of likely N-dealkylation sites (tertiary alicyclic amines) is 1. The lowest BCUT2D eigenvalue weighted by Gasteiger charge is -2.35. The van der Waals surface area contributed by atoms with E-state index < -0.39 is 11.5 Å². The van der Waals surface area contributed by atoms with Crippen molar-refractivity contribution in [3.8, 4) is 5.75 Å². The van der Waals surface area contributed by atoms with Gasteiger partial charge in [0, 0.05) is 44.6 Å². The number of hydrogen-bond acceptors (Lipinski definition) is 5. The first-order valence-electron chi connectivity index (χ1n) is 13.6. The van der Waals surface area contributed by atoms with E-state index in [4.69, 9.17) is 4.74 Å². The number of rotatable bonds is 3. The number of ether oxygens (including phenoxy) is 1. The van der Waals surface area contributed by atoms with Crippen LogP contribution in [0.25, 0.3) is 0 Å². The summed E-state index contributed by atoms with van der Waals surface area (Å²) in [6, 6.07) is 18.8. The molecule has 1 saturated heterocycles. The van der Waals surface area contributed by atoms with Crippen molar-refractivity contribution < 1.29 is 19.1 Å². The second kappa shape index (κ2) is 10.2. The number of pyridine rings is 1.